The molecule has 2 fully saturated rings. The molecule has 5 nitrogen and oxygen atoms in total. The highest BCUT2D eigenvalue weighted by Crippen LogP contribution is 2.28. The van der Waals surface area contributed by atoms with Gasteiger partial charge in [-0.05, 0) is 42.2 Å². The number of hydrogen-bond acceptors (Lipinski definition) is 4. The average Bonchev–Trinajstić information content (AvgIpc) is 3.28. The number of nitrogens with zero attached hydrogens (tertiary/aromatic N) is 1. The number of carbonyl (C=O) groups is 1. The molecule has 7 heteroatoms. The number of carbonyl (C=O) groups excluding carboxylic acids is 1. The lowest BCUT2D eigenvalue weighted by molar-refractivity contribution is 0.0746. The molecule has 25 heavy (non-hydrogen) atoms. The Labute approximate surface area is 161 Å². The van der Waals surface area contributed by atoms with Gasteiger partial charge in [-0.2, -0.15) is 0 Å². The fraction of sp³-hybridized carbons (Fsp3) is 0.389. The maximum Gasteiger partial charge on any atom is 0.289 e. The van der Waals surface area contributed by atoms with Gasteiger partial charge in [0.05, 0.1) is 0 Å². The summed E-state index contributed by atoms with van der Waals surface area (Å²) in [7, 11) is 0. The maximum absolute atomic E-state index is 12.6. The highest BCUT2D eigenvalue weighted by Gasteiger charge is 2.38. The summed E-state index contributed by atoms with van der Waals surface area (Å²) in [6.45, 7) is 3.97. The fourth-order valence-corrected chi connectivity index (χ4v) is 3.84. The SMILES string of the molecule is Cl.O=C(c1ccc(COc2cccc(Br)c2)o1)N1C[C@H]2CNC[C@H]2C1. The monoisotopic (exact) mass is 426 g/mol. The highest BCUT2D eigenvalue weighted by atomic mass is 79.9. The predicted octanol–water partition coefficient (Wildman–Crippen LogP) is 3.33. The molecule has 2 atom stereocenters. The van der Waals surface area contributed by atoms with Crippen molar-refractivity contribution in [2.24, 2.45) is 11.8 Å². The zero-order chi connectivity index (χ0) is 16.5. The Bertz CT molecular complexity index is 739. The van der Waals surface area contributed by atoms with Gasteiger partial charge in [0.15, 0.2) is 5.76 Å². The first kappa shape index (κ1) is 18.3. The maximum atomic E-state index is 12.6. The Kier molecular flexibility index (Phi) is 5.71. The average molecular weight is 428 g/mol. The molecule has 2 aliphatic heterocycles. The normalized spacial score (nSPS) is 21.7. The first-order valence-electron chi connectivity index (χ1n) is 8.16. The Morgan fingerprint density at radius 3 is 2.72 bits per heavy atom. The fourth-order valence-electron chi connectivity index (χ4n) is 3.46. The van der Waals surface area contributed by atoms with Crippen LogP contribution in [0.3, 0.4) is 0 Å². The van der Waals surface area contributed by atoms with E-state index >= 15 is 0 Å². The minimum absolute atomic E-state index is 0. The van der Waals surface area contributed by atoms with Crippen molar-refractivity contribution in [3.63, 3.8) is 0 Å². The number of furan rings is 1. The van der Waals surface area contributed by atoms with Crippen LogP contribution < -0.4 is 10.1 Å². The van der Waals surface area contributed by atoms with Crippen LogP contribution in [0, 0.1) is 11.8 Å². The van der Waals surface area contributed by atoms with Crippen molar-refractivity contribution >= 4 is 34.2 Å². The lowest BCUT2D eigenvalue weighted by Crippen LogP contribution is -2.31. The van der Waals surface area contributed by atoms with Crippen molar-refractivity contribution in [2.45, 2.75) is 6.61 Å². The van der Waals surface area contributed by atoms with Crippen molar-refractivity contribution in [3.05, 3.63) is 52.4 Å². The van der Waals surface area contributed by atoms with Gasteiger partial charge in [0.2, 0.25) is 0 Å². The van der Waals surface area contributed by atoms with Crippen LogP contribution in [0.2, 0.25) is 0 Å². The Hall–Kier alpha value is -1.50. The number of amides is 1. The number of rotatable bonds is 4. The Morgan fingerprint density at radius 2 is 2.00 bits per heavy atom. The number of benzene rings is 1. The van der Waals surface area contributed by atoms with E-state index in [4.69, 9.17) is 9.15 Å². The Balaban J connectivity index is 0.00000182. The molecule has 1 amide bonds. The number of likely N-dealkylation sites (tertiary alicyclic amines) is 1. The second kappa shape index (κ2) is 7.81. The minimum atomic E-state index is -0.0156. The summed E-state index contributed by atoms with van der Waals surface area (Å²) in [5, 5.41) is 3.38. The summed E-state index contributed by atoms with van der Waals surface area (Å²) in [5.41, 5.74) is 0. The van der Waals surface area contributed by atoms with Crippen LogP contribution in [0.4, 0.5) is 0 Å². The van der Waals surface area contributed by atoms with Crippen LogP contribution in [0.1, 0.15) is 16.3 Å². The van der Waals surface area contributed by atoms with E-state index in [1.165, 1.54) is 0 Å². The zero-order valence-corrected chi connectivity index (χ0v) is 16.0. The zero-order valence-electron chi connectivity index (χ0n) is 13.6. The first-order chi connectivity index (χ1) is 11.7. The molecule has 1 N–H and O–H groups in total. The molecule has 0 saturated carbocycles. The van der Waals surface area contributed by atoms with Crippen LogP contribution in [0.5, 0.6) is 5.75 Å². The van der Waals surface area contributed by atoms with Crippen molar-refractivity contribution in [3.8, 4) is 5.75 Å². The van der Waals surface area contributed by atoms with E-state index in [1.54, 1.807) is 6.07 Å². The molecular weight excluding hydrogens is 408 g/mol. The van der Waals surface area contributed by atoms with Crippen molar-refractivity contribution in [2.75, 3.05) is 26.2 Å². The molecule has 0 radical (unpaired) electrons. The lowest BCUT2D eigenvalue weighted by Gasteiger charge is -2.15. The van der Waals surface area contributed by atoms with Crippen LogP contribution in [-0.2, 0) is 6.61 Å². The smallest absolute Gasteiger partial charge is 0.289 e. The summed E-state index contributed by atoms with van der Waals surface area (Å²) in [5.74, 6) is 2.97. The molecule has 0 bridgehead atoms. The summed E-state index contributed by atoms with van der Waals surface area (Å²) >= 11 is 3.41. The molecule has 0 unspecified atom stereocenters. The van der Waals surface area contributed by atoms with Gasteiger partial charge < -0.3 is 19.4 Å². The van der Waals surface area contributed by atoms with E-state index in [1.807, 2.05) is 35.2 Å². The van der Waals surface area contributed by atoms with Crippen molar-refractivity contribution in [1.29, 1.82) is 0 Å². The van der Waals surface area contributed by atoms with Crippen molar-refractivity contribution in [1.82, 2.24) is 10.2 Å². The van der Waals surface area contributed by atoms with E-state index < -0.39 is 0 Å². The van der Waals surface area contributed by atoms with Crippen molar-refractivity contribution < 1.29 is 13.9 Å². The van der Waals surface area contributed by atoms with Gasteiger partial charge >= 0.3 is 0 Å². The highest BCUT2D eigenvalue weighted by molar-refractivity contribution is 9.10. The van der Waals surface area contributed by atoms with E-state index in [-0.39, 0.29) is 18.3 Å². The molecule has 0 aliphatic carbocycles. The number of hydrogen-bond donors (Lipinski definition) is 1. The third kappa shape index (κ3) is 4.02. The quantitative estimate of drug-likeness (QED) is 0.813. The number of fused-ring (bicyclic) bond motifs is 1. The van der Waals surface area contributed by atoms with Crippen LogP contribution in [0.25, 0.3) is 0 Å². The number of nitrogens with one attached hydrogen (secondary N) is 1. The molecule has 1 aromatic carbocycles. The number of ether oxygens (including phenoxy) is 1. The van der Waals surface area contributed by atoms with Gasteiger partial charge in [-0.25, -0.2) is 0 Å². The Morgan fingerprint density at radius 1 is 1.24 bits per heavy atom. The first-order valence-corrected chi connectivity index (χ1v) is 8.95. The third-order valence-electron chi connectivity index (χ3n) is 4.73. The van der Waals surface area contributed by atoms with Gasteiger partial charge in [0.1, 0.15) is 18.1 Å². The second-order valence-electron chi connectivity index (χ2n) is 6.40. The molecule has 134 valence electrons. The summed E-state index contributed by atoms with van der Waals surface area (Å²) in [4.78, 5) is 14.5. The largest absolute Gasteiger partial charge is 0.486 e. The van der Waals surface area contributed by atoms with Crippen LogP contribution >= 0.6 is 28.3 Å². The molecule has 4 rings (SSSR count). The minimum Gasteiger partial charge on any atom is -0.486 e. The molecule has 1 aromatic heterocycles. The molecule has 2 saturated heterocycles. The lowest BCUT2D eigenvalue weighted by atomic mass is 10.0. The van der Waals surface area contributed by atoms with E-state index in [0.717, 1.165) is 36.4 Å². The van der Waals surface area contributed by atoms with E-state index in [2.05, 4.69) is 21.2 Å². The van der Waals surface area contributed by atoms with Crippen LogP contribution in [0.15, 0.2) is 45.3 Å². The summed E-state index contributed by atoms with van der Waals surface area (Å²) in [6, 6.07) is 11.2. The van der Waals surface area contributed by atoms with Gasteiger partial charge in [-0.15, -0.1) is 12.4 Å². The molecule has 2 aliphatic rings. The van der Waals surface area contributed by atoms with Gasteiger partial charge in [0, 0.05) is 30.7 Å². The van der Waals surface area contributed by atoms with E-state index in [0.29, 0.717) is 30.0 Å². The van der Waals surface area contributed by atoms with Gasteiger partial charge in [-0.1, -0.05) is 22.0 Å². The molecular formula is C18H20BrClN2O3. The summed E-state index contributed by atoms with van der Waals surface area (Å²) < 4.78 is 12.3. The topological polar surface area (TPSA) is 54.7 Å². The summed E-state index contributed by atoms with van der Waals surface area (Å²) in [6.07, 6.45) is 0. The standard InChI is InChI=1S/C18H19BrN2O3.ClH/c19-14-2-1-3-15(6-14)23-11-16-4-5-17(24-16)18(22)21-9-12-7-20-8-13(12)10-21;/h1-6,12-13,20H,7-11H2;1H/t12-,13+;. The predicted molar refractivity (Wildman–Crippen MR) is 100 cm³/mol. The second-order valence-corrected chi connectivity index (χ2v) is 7.32. The van der Waals surface area contributed by atoms with Crippen LogP contribution in [-0.4, -0.2) is 37.0 Å². The third-order valence-corrected chi connectivity index (χ3v) is 5.22. The van der Waals surface area contributed by atoms with Gasteiger partial charge in [-0.3, -0.25) is 4.79 Å². The number of halogens is 2. The molecule has 0 spiro atoms. The van der Waals surface area contributed by atoms with E-state index in [9.17, 15) is 4.79 Å². The molecule has 3 heterocycles. The molecule has 2 aromatic rings. The van der Waals surface area contributed by atoms with Gasteiger partial charge in [0.25, 0.3) is 5.91 Å².